The van der Waals surface area contributed by atoms with Gasteiger partial charge >= 0.3 is 83.5 Å². The minimum Gasteiger partial charge on any atom is -0.545 e. The standard InChI is InChI=1S/3C4H4O4.2Ce/c3*5-3(6)1-2-4(7)8;;/h3*1-2H,(H,5,6)(H,7,8);;/q;;;2*+3/p-6. The molecule has 2 radical (unpaired) electrons. The van der Waals surface area contributed by atoms with Crippen LogP contribution in [0.25, 0.3) is 0 Å². The van der Waals surface area contributed by atoms with Crippen LogP contribution >= 0.6 is 0 Å². The molecule has 26 heavy (non-hydrogen) atoms. The molecule has 0 amide bonds. The first-order valence-electron chi connectivity index (χ1n) is 5.18. The van der Waals surface area contributed by atoms with Gasteiger partial charge in [-0.05, 0) is 36.5 Å². The Labute approximate surface area is 212 Å². The van der Waals surface area contributed by atoms with Gasteiger partial charge < -0.3 is 59.4 Å². The first-order chi connectivity index (χ1) is 10.9. The van der Waals surface area contributed by atoms with Crippen molar-refractivity contribution < 1.29 is 143 Å². The topological polar surface area (TPSA) is 241 Å². The van der Waals surface area contributed by atoms with Gasteiger partial charge in [-0.15, -0.1) is 0 Å². The number of hydrogen-bond donors (Lipinski definition) is 0. The van der Waals surface area contributed by atoms with Crippen LogP contribution in [-0.2, 0) is 28.8 Å². The van der Waals surface area contributed by atoms with Gasteiger partial charge in [0.15, 0.2) is 0 Å². The number of rotatable bonds is 6. The predicted molar refractivity (Wildman–Crippen MR) is 57.5 cm³/mol. The molecule has 0 fully saturated rings. The summed E-state index contributed by atoms with van der Waals surface area (Å²) in [5.74, 6) is -9.28. The molecule has 134 valence electrons. The van der Waals surface area contributed by atoms with E-state index in [1.54, 1.807) is 0 Å². The van der Waals surface area contributed by atoms with E-state index in [-0.39, 0.29) is 83.5 Å². The molecule has 14 heteroatoms. The maximum atomic E-state index is 9.41. The zero-order valence-electron chi connectivity index (χ0n) is 12.4. The second-order valence-corrected chi connectivity index (χ2v) is 2.91. The van der Waals surface area contributed by atoms with Crippen LogP contribution in [0.15, 0.2) is 36.5 Å². The Balaban J connectivity index is -0.0000000817. The normalized spacial score (nSPS) is 8.77. The Morgan fingerprint density at radius 3 is 0.462 bits per heavy atom. The number of hydrogen-bond acceptors (Lipinski definition) is 12. The monoisotopic (exact) mass is 622 g/mol. The molecule has 0 unspecified atom stereocenters. The Morgan fingerprint density at radius 2 is 0.423 bits per heavy atom. The molecule has 0 saturated heterocycles. The summed E-state index contributed by atoms with van der Waals surface area (Å²) in [4.78, 5) is 56.5. The zero-order valence-corrected chi connectivity index (χ0v) is 18.6. The van der Waals surface area contributed by atoms with Crippen molar-refractivity contribution in [3.8, 4) is 0 Å². The predicted octanol–water partition coefficient (Wildman–Crippen LogP) is -8.87. The molecule has 0 heterocycles. The first-order valence-corrected chi connectivity index (χ1v) is 5.18. The van der Waals surface area contributed by atoms with Crippen molar-refractivity contribution in [1.29, 1.82) is 0 Å². The summed E-state index contributed by atoms with van der Waals surface area (Å²) in [7, 11) is 0. The van der Waals surface area contributed by atoms with Gasteiger partial charge in [0.2, 0.25) is 0 Å². The summed E-state index contributed by atoms with van der Waals surface area (Å²) in [5, 5.41) is 56.5. The second kappa shape index (κ2) is 23.8. The smallest absolute Gasteiger partial charge is 0.545 e. The molecule has 0 aromatic heterocycles. The van der Waals surface area contributed by atoms with Gasteiger partial charge in [-0.3, -0.25) is 0 Å². The van der Waals surface area contributed by atoms with E-state index in [4.69, 9.17) is 0 Å². The summed E-state index contributed by atoms with van der Waals surface area (Å²) in [6.07, 6.45) is 2.31. The molecule has 0 saturated carbocycles. The molecule has 0 rings (SSSR count). The average Bonchev–Trinajstić information content (AvgIpc) is 2.42. The number of carboxylic acids is 6. The zero-order chi connectivity index (χ0) is 19.7. The van der Waals surface area contributed by atoms with E-state index in [0.717, 1.165) is 0 Å². The summed E-state index contributed by atoms with van der Waals surface area (Å²) in [5.41, 5.74) is 0. The summed E-state index contributed by atoms with van der Waals surface area (Å²) in [6, 6.07) is 0. The van der Waals surface area contributed by atoms with Crippen molar-refractivity contribution in [1.82, 2.24) is 0 Å². The van der Waals surface area contributed by atoms with Gasteiger partial charge in [0.1, 0.15) is 0 Å². The van der Waals surface area contributed by atoms with E-state index in [1.165, 1.54) is 0 Å². The van der Waals surface area contributed by atoms with Gasteiger partial charge in [0.05, 0.1) is 35.8 Å². The second-order valence-electron chi connectivity index (χ2n) is 2.91. The number of carbonyl (C=O) groups is 6. The van der Waals surface area contributed by atoms with Crippen LogP contribution in [0.2, 0.25) is 0 Å². The van der Waals surface area contributed by atoms with E-state index >= 15 is 0 Å². The third-order valence-electron chi connectivity index (χ3n) is 1.07. The summed E-state index contributed by atoms with van der Waals surface area (Å²) >= 11 is 0. The summed E-state index contributed by atoms with van der Waals surface area (Å²) in [6.45, 7) is 0. The summed E-state index contributed by atoms with van der Waals surface area (Å²) < 4.78 is 0. The SMILES string of the molecule is O=C([O-])C=CC(=O)[O-].O=C([O-])C=CC(=O)[O-].O=C([O-])C=CC(=O)[O-].[Ce+3].[Ce+3]. The first kappa shape index (κ1) is 35.8. The van der Waals surface area contributed by atoms with Crippen molar-refractivity contribution in [2.75, 3.05) is 0 Å². The van der Waals surface area contributed by atoms with Crippen LogP contribution in [0.3, 0.4) is 0 Å². The van der Waals surface area contributed by atoms with E-state index in [1.807, 2.05) is 0 Å². The van der Waals surface area contributed by atoms with Gasteiger partial charge in [-0.1, -0.05) is 0 Å². The molecule has 0 N–H and O–H groups in total. The average molecular weight is 622 g/mol. The van der Waals surface area contributed by atoms with Gasteiger partial charge in [-0.2, -0.15) is 0 Å². The van der Waals surface area contributed by atoms with Crippen LogP contribution < -0.4 is 30.6 Å². The molecule has 0 aromatic rings. The molecule has 0 aliphatic heterocycles. The molecule has 0 aromatic carbocycles. The van der Waals surface area contributed by atoms with E-state index in [2.05, 4.69) is 0 Å². The molecular weight excluding hydrogens is 616 g/mol. The molecule has 0 aliphatic rings. The van der Waals surface area contributed by atoms with Crippen molar-refractivity contribution in [2.24, 2.45) is 0 Å². The van der Waals surface area contributed by atoms with Crippen LogP contribution in [0.1, 0.15) is 0 Å². The molecule has 0 atom stereocenters. The Kier molecular flexibility index (Phi) is 32.8. The van der Waals surface area contributed by atoms with Crippen LogP contribution in [-0.4, -0.2) is 35.8 Å². The van der Waals surface area contributed by atoms with Crippen LogP contribution in [0.4, 0.5) is 0 Å². The third kappa shape index (κ3) is 56.9. The van der Waals surface area contributed by atoms with Gasteiger partial charge in [0.25, 0.3) is 0 Å². The largest absolute Gasteiger partial charge is 3.00 e. The molecule has 12 nitrogen and oxygen atoms in total. The minimum atomic E-state index is -1.55. The van der Waals surface area contributed by atoms with E-state index in [9.17, 15) is 59.4 Å². The number of carboxylic acid groups (broad SMARTS) is 6. The third-order valence-corrected chi connectivity index (χ3v) is 1.07. The van der Waals surface area contributed by atoms with Gasteiger partial charge in [0, 0.05) is 0 Å². The quantitative estimate of drug-likeness (QED) is 0.251. The van der Waals surface area contributed by atoms with Gasteiger partial charge in [-0.25, -0.2) is 0 Å². The Hall–Kier alpha value is -1.21. The van der Waals surface area contributed by atoms with Crippen molar-refractivity contribution in [3.63, 3.8) is 0 Å². The fraction of sp³-hybridized carbons (Fsp3) is 0. The van der Waals surface area contributed by atoms with Crippen LogP contribution in [0, 0.1) is 83.5 Å². The Morgan fingerprint density at radius 1 is 0.346 bits per heavy atom. The maximum absolute atomic E-state index is 9.41. The maximum Gasteiger partial charge on any atom is 3.00 e. The molecule has 0 aliphatic carbocycles. The minimum absolute atomic E-state index is 0. The molecular formula is C12H6Ce2O12. The Bertz CT molecular complexity index is 448. The molecule has 0 bridgehead atoms. The fourth-order valence-electron chi connectivity index (χ4n) is 0.408. The van der Waals surface area contributed by atoms with Crippen LogP contribution in [0.5, 0.6) is 0 Å². The van der Waals surface area contributed by atoms with E-state index in [0.29, 0.717) is 36.5 Å². The number of aliphatic carboxylic acids is 6. The number of carbonyl (C=O) groups excluding carboxylic acids is 6. The van der Waals surface area contributed by atoms with Crippen molar-refractivity contribution in [3.05, 3.63) is 36.5 Å². The van der Waals surface area contributed by atoms with Crippen molar-refractivity contribution >= 4 is 35.8 Å². The fourth-order valence-corrected chi connectivity index (χ4v) is 0.408. The molecule has 0 spiro atoms. The van der Waals surface area contributed by atoms with E-state index < -0.39 is 35.8 Å². The van der Waals surface area contributed by atoms with Crippen molar-refractivity contribution in [2.45, 2.75) is 0 Å².